The fourth-order valence-corrected chi connectivity index (χ4v) is 3.46. The highest BCUT2D eigenvalue weighted by Gasteiger charge is 2.23. The Kier molecular flexibility index (Phi) is 4.28. The smallest absolute Gasteiger partial charge is 0.0931 e. The Labute approximate surface area is 107 Å². The molecule has 1 heterocycles. The van der Waals surface area contributed by atoms with Crippen LogP contribution in [0.15, 0.2) is 12.1 Å². The molecule has 1 fully saturated rings. The largest absolute Gasteiger partial charge is 0.309 e. The van der Waals surface area contributed by atoms with Gasteiger partial charge in [0.2, 0.25) is 0 Å². The van der Waals surface area contributed by atoms with E-state index in [2.05, 4.69) is 25.2 Å². The van der Waals surface area contributed by atoms with E-state index in [1.807, 2.05) is 6.07 Å². The highest BCUT2D eigenvalue weighted by Crippen LogP contribution is 2.29. The van der Waals surface area contributed by atoms with E-state index < -0.39 is 0 Å². The van der Waals surface area contributed by atoms with E-state index in [9.17, 15) is 0 Å². The maximum Gasteiger partial charge on any atom is 0.0931 e. The molecule has 0 amide bonds. The van der Waals surface area contributed by atoms with E-state index in [0.29, 0.717) is 6.04 Å². The lowest BCUT2D eigenvalue weighted by Crippen LogP contribution is -2.35. The molecule has 0 aromatic carbocycles. The van der Waals surface area contributed by atoms with Gasteiger partial charge in [-0.15, -0.1) is 11.3 Å². The van der Waals surface area contributed by atoms with Gasteiger partial charge in [0.15, 0.2) is 0 Å². The van der Waals surface area contributed by atoms with Crippen molar-refractivity contribution in [3.8, 4) is 0 Å². The summed E-state index contributed by atoms with van der Waals surface area (Å²) in [6.07, 6.45) is 4.01. The van der Waals surface area contributed by atoms with Crippen LogP contribution in [0.2, 0.25) is 4.34 Å². The fourth-order valence-electron chi connectivity index (χ4n) is 2.42. The molecule has 3 unspecified atom stereocenters. The summed E-state index contributed by atoms with van der Waals surface area (Å²) < 4.78 is 0.891. The van der Waals surface area contributed by atoms with E-state index in [0.717, 1.165) is 22.7 Å². The molecule has 90 valence electrons. The first-order chi connectivity index (χ1) is 7.65. The minimum atomic E-state index is 0.701. The molecule has 0 radical (unpaired) electrons. The summed E-state index contributed by atoms with van der Waals surface area (Å²) in [5.41, 5.74) is 0. The number of rotatable bonds is 3. The lowest BCUT2D eigenvalue weighted by molar-refractivity contribution is 0.226. The molecule has 1 aliphatic rings. The molecule has 3 heteroatoms. The Bertz CT molecular complexity index is 336. The Morgan fingerprint density at radius 3 is 2.75 bits per heavy atom. The molecule has 0 spiro atoms. The van der Waals surface area contributed by atoms with Crippen molar-refractivity contribution < 1.29 is 0 Å². The van der Waals surface area contributed by atoms with Crippen molar-refractivity contribution in [3.05, 3.63) is 21.3 Å². The van der Waals surface area contributed by atoms with Crippen LogP contribution in [0.5, 0.6) is 0 Å². The quantitative estimate of drug-likeness (QED) is 0.851. The Morgan fingerprint density at radius 1 is 1.31 bits per heavy atom. The minimum absolute atomic E-state index is 0.701. The second-order valence-electron chi connectivity index (χ2n) is 5.05. The van der Waals surface area contributed by atoms with Crippen molar-refractivity contribution in [1.29, 1.82) is 0 Å². The van der Waals surface area contributed by atoms with Crippen molar-refractivity contribution in [3.63, 3.8) is 0 Å². The predicted octanol–water partition coefficient (Wildman–Crippen LogP) is 4.32. The van der Waals surface area contributed by atoms with Crippen LogP contribution in [0.1, 0.15) is 38.0 Å². The predicted molar refractivity (Wildman–Crippen MR) is 72.1 cm³/mol. The zero-order valence-corrected chi connectivity index (χ0v) is 11.6. The van der Waals surface area contributed by atoms with Gasteiger partial charge in [-0.2, -0.15) is 0 Å². The van der Waals surface area contributed by atoms with Gasteiger partial charge in [0.25, 0.3) is 0 Å². The van der Waals surface area contributed by atoms with Crippen LogP contribution in [0.3, 0.4) is 0 Å². The molecule has 1 nitrogen and oxygen atoms in total. The monoisotopic (exact) mass is 257 g/mol. The molecule has 1 N–H and O–H groups in total. The molecule has 2 rings (SSSR count). The summed E-state index contributed by atoms with van der Waals surface area (Å²) in [7, 11) is 0. The van der Waals surface area contributed by atoms with Gasteiger partial charge in [-0.25, -0.2) is 0 Å². The average molecular weight is 258 g/mol. The van der Waals surface area contributed by atoms with Gasteiger partial charge in [0, 0.05) is 17.5 Å². The summed E-state index contributed by atoms with van der Waals surface area (Å²) in [5, 5.41) is 3.65. The maximum absolute atomic E-state index is 5.91. The van der Waals surface area contributed by atoms with Crippen LogP contribution in [0.25, 0.3) is 0 Å². The van der Waals surface area contributed by atoms with Crippen LogP contribution < -0.4 is 5.32 Å². The fraction of sp³-hybridized carbons (Fsp3) is 0.692. The molecule has 3 atom stereocenters. The van der Waals surface area contributed by atoms with Gasteiger partial charge < -0.3 is 5.32 Å². The zero-order valence-electron chi connectivity index (χ0n) is 10.0. The zero-order chi connectivity index (χ0) is 11.5. The van der Waals surface area contributed by atoms with Crippen molar-refractivity contribution in [2.24, 2.45) is 11.8 Å². The minimum Gasteiger partial charge on any atom is -0.309 e. The molecule has 1 aliphatic carbocycles. The number of thiophene rings is 1. The van der Waals surface area contributed by atoms with E-state index in [-0.39, 0.29) is 0 Å². The Balaban J connectivity index is 1.78. The van der Waals surface area contributed by atoms with E-state index >= 15 is 0 Å². The molecule has 1 saturated carbocycles. The topological polar surface area (TPSA) is 12.0 Å². The van der Waals surface area contributed by atoms with Crippen molar-refractivity contribution in [2.45, 2.75) is 45.7 Å². The SMILES string of the molecule is CC1CCC(NCc2ccc(Cl)s2)CC1C. The van der Waals surface area contributed by atoms with E-state index in [1.54, 1.807) is 11.3 Å². The van der Waals surface area contributed by atoms with Crippen molar-refractivity contribution in [1.82, 2.24) is 5.32 Å². The standard InChI is InChI=1S/C13H20ClNS/c1-9-3-4-11(7-10(9)2)15-8-12-5-6-13(14)16-12/h5-6,9-11,15H,3-4,7-8H2,1-2H3. The number of halogens is 1. The van der Waals surface area contributed by atoms with Crippen LogP contribution in [-0.4, -0.2) is 6.04 Å². The summed E-state index contributed by atoms with van der Waals surface area (Å²) in [6, 6.07) is 4.80. The number of hydrogen-bond acceptors (Lipinski definition) is 2. The normalized spacial score (nSPS) is 30.6. The third-order valence-electron chi connectivity index (χ3n) is 3.79. The highest BCUT2D eigenvalue weighted by atomic mass is 35.5. The molecule has 0 saturated heterocycles. The van der Waals surface area contributed by atoms with Crippen molar-refractivity contribution >= 4 is 22.9 Å². The summed E-state index contributed by atoms with van der Waals surface area (Å²) in [6.45, 7) is 5.73. The highest BCUT2D eigenvalue weighted by molar-refractivity contribution is 7.16. The first-order valence-electron chi connectivity index (χ1n) is 6.12. The second-order valence-corrected chi connectivity index (χ2v) is 6.85. The summed E-state index contributed by atoms with van der Waals surface area (Å²) in [4.78, 5) is 1.34. The summed E-state index contributed by atoms with van der Waals surface area (Å²) >= 11 is 7.60. The van der Waals surface area contributed by atoms with E-state index in [1.165, 1.54) is 24.1 Å². The first-order valence-corrected chi connectivity index (χ1v) is 7.32. The lowest BCUT2D eigenvalue weighted by Gasteiger charge is -2.32. The molecule has 16 heavy (non-hydrogen) atoms. The first kappa shape index (κ1) is 12.4. The molecule has 0 aliphatic heterocycles. The van der Waals surface area contributed by atoms with Crippen LogP contribution in [-0.2, 0) is 6.54 Å². The van der Waals surface area contributed by atoms with Gasteiger partial charge in [0.1, 0.15) is 0 Å². The third-order valence-corrected chi connectivity index (χ3v) is 5.02. The van der Waals surface area contributed by atoms with Crippen LogP contribution in [0, 0.1) is 11.8 Å². The Morgan fingerprint density at radius 2 is 2.12 bits per heavy atom. The lowest BCUT2D eigenvalue weighted by atomic mass is 9.79. The number of hydrogen-bond donors (Lipinski definition) is 1. The van der Waals surface area contributed by atoms with Gasteiger partial charge in [-0.3, -0.25) is 0 Å². The third kappa shape index (κ3) is 3.22. The van der Waals surface area contributed by atoms with Crippen LogP contribution >= 0.6 is 22.9 Å². The van der Waals surface area contributed by atoms with Gasteiger partial charge in [0.05, 0.1) is 4.34 Å². The molecular formula is C13H20ClNS. The molecular weight excluding hydrogens is 238 g/mol. The molecule has 0 bridgehead atoms. The van der Waals surface area contributed by atoms with Gasteiger partial charge >= 0.3 is 0 Å². The number of nitrogens with one attached hydrogen (secondary N) is 1. The van der Waals surface area contributed by atoms with E-state index in [4.69, 9.17) is 11.6 Å². The van der Waals surface area contributed by atoms with Crippen molar-refractivity contribution in [2.75, 3.05) is 0 Å². The maximum atomic E-state index is 5.91. The Hall–Kier alpha value is -0.0500. The second kappa shape index (κ2) is 5.52. The molecule has 1 aromatic heterocycles. The van der Waals surface area contributed by atoms with Gasteiger partial charge in [-0.1, -0.05) is 25.4 Å². The van der Waals surface area contributed by atoms with Gasteiger partial charge in [-0.05, 0) is 43.2 Å². The average Bonchev–Trinajstić information content (AvgIpc) is 2.66. The summed E-state index contributed by atoms with van der Waals surface area (Å²) in [5.74, 6) is 1.76. The van der Waals surface area contributed by atoms with Crippen LogP contribution in [0.4, 0.5) is 0 Å². The molecule has 1 aromatic rings.